The molecular formula is C18H21N3O6S. The lowest BCUT2D eigenvalue weighted by Gasteiger charge is -2.22. The van der Waals surface area contributed by atoms with E-state index in [4.69, 9.17) is 17.0 Å². The van der Waals surface area contributed by atoms with Crippen molar-refractivity contribution in [3.63, 3.8) is 0 Å². The van der Waals surface area contributed by atoms with Crippen LogP contribution in [0.1, 0.15) is 23.7 Å². The summed E-state index contributed by atoms with van der Waals surface area (Å²) in [4.78, 5) is 50.6. The molecule has 1 N–H and O–H groups in total. The predicted octanol–water partition coefficient (Wildman–Crippen LogP) is 0.792. The van der Waals surface area contributed by atoms with Crippen molar-refractivity contribution in [3.05, 3.63) is 29.8 Å². The number of thiocarbonyl (C=S) groups is 1. The van der Waals surface area contributed by atoms with Gasteiger partial charge in [-0.1, -0.05) is 0 Å². The summed E-state index contributed by atoms with van der Waals surface area (Å²) in [5.41, 5.74) is 0.820. The van der Waals surface area contributed by atoms with Gasteiger partial charge in [0.15, 0.2) is 5.11 Å². The first kappa shape index (κ1) is 21.3. The monoisotopic (exact) mass is 407 g/mol. The van der Waals surface area contributed by atoms with Crippen molar-refractivity contribution < 1.29 is 28.7 Å². The summed E-state index contributed by atoms with van der Waals surface area (Å²) in [6.07, 6.45) is -0.195. The molecule has 1 aliphatic heterocycles. The molecule has 0 bridgehead atoms. The van der Waals surface area contributed by atoms with Gasteiger partial charge in [0.2, 0.25) is 5.91 Å². The minimum absolute atomic E-state index is 0.159. The fourth-order valence-corrected chi connectivity index (χ4v) is 2.93. The Morgan fingerprint density at radius 3 is 2.43 bits per heavy atom. The Hall–Kier alpha value is -3.01. The smallest absolute Gasteiger partial charge is 0.338 e. The van der Waals surface area contributed by atoms with E-state index in [1.54, 1.807) is 19.1 Å². The van der Waals surface area contributed by atoms with Crippen molar-refractivity contribution in [2.24, 2.45) is 0 Å². The molecule has 0 radical (unpaired) electrons. The zero-order valence-corrected chi connectivity index (χ0v) is 16.6. The van der Waals surface area contributed by atoms with Gasteiger partial charge in [-0.3, -0.25) is 19.3 Å². The van der Waals surface area contributed by atoms with Crippen LogP contribution in [-0.4, -0.2) is 72.0 Å². The molecule has 1 aliphatic rings. The molecule has 150 valence electrons. The van der Waals surface area contributed by atoms with Crippen LogP contribution in [0.5, 0.6) is 0 Å². The number of benzene rings is 1. The molecule has 1 atom stereocenters. The van der Waals surface area contributed by atoms with Gasteiger partial charge in [0.25, 0.3) is 5.91 Å². The third-order valence-electron chi connectivity index (χ3n) is 4.11. The van der Waals surface area contributed by atoms with Crippen molar-refractivity contribution >= 4 is 46.8 Å². The average Bonchev–Trinajstić information content (AvgIpc) is 2.86. The normalized spacial score (nSPS) is 16.2. The highest BCUT2D eigenvalue weighted by molar-refractivity contribution is 7.80. The molecule has 1 unspecified atom stereocenters. The van der Waals surface area contributed by atoms with E-state index in [1.807, 2.05) is 0 Å². The van der Waals surface area contributed by atoms with Crippen LogP contribution in [0.3, 0.4) is 0 Å². The average molecular weight is 407 g/mol. The van der Waals surface area contributed by atoms with E-state index >= 15 is 0 Å². The Kier molecular flexibility index (Phi) is 7.05. The first-order valence-corrected chi connectivity index (χ1v) is 8.91. The quantitative estimate of drug-likeness (QED) is 0.523. The van der Waals surface area contributed by atoms with E-state index in [0.717, 1.165) is 0 Å². The van der Waals surface area contributed by atoms with Gasteiger partial charge in [-0.15, -0.1) is 0 Å². The van der Waals surface area contributed by atoms with Crippen molar-refractivity contribution in [1.29, 1.82) is 0 Å². The highest BCUT2D eigenvalue weighted by Crippen LogP contribution is 2.20. The van der Waals surface area contributed by atoms with Gasteiger partial charge < -0.3 is 19.7 Å². The number of anilines is 1. The number of carbonyl (C=O) groups excluding carboxylic acids is 4. The minimum atomic E-state index is -0.893. The second kappa shape index (κ2) is 9.27. The van der Waals surface area contributed by atoms with Crippen LogP contribution in [0, 0.1) is 0 Å². The molecule has 0 aromatic heterocycles. The molecule has 1 aromatic carbocycles. The maximum absolute atomic E-state index is 12.4. The van der Waals surface area contributed by atoms with Crippen LogP contribution in [-0.2, 0) is 23.9 Å². The summed E-state index contributed by atoms with van der Waals surface area (Å²) in [5.74, 6) is -1.82. The molecule has 28 heavy (non-hydrogen) atoms. The van der Waals surface area contributed by atoms with E-state index in [2.05, 4.69) is 10.1 Å². The van der Waals surface area contributed by atoms with E-state index in [9.17, 15) is 19.2 Å². The Bertz CT molecular complexity index is 795. The van der Waals surface area contributed by atoms with Crippen LogP contribution in [0.15, 0.2) is 24.3 Å². The summed E-state index contributed by atoms with van der Waals surface area (Å²) < 4.78 is 9.52. The highest BCUT2D eigenvalue weighted by Gasteiger charge is 2.42. The Morgan fingerprint density at radius 1 is 1.21 bits per heavy atom. The molecule has 1 heterocycles. The standard InChI is InChI=1S/C18H21N3O6S/c1-4-27-17(25)11-5-7-12(8-6-11)19-14(22)9-13-16(24)20(2)18(28)21(13)10-15(23)26-3/h5-8,13H,4,9-10H2,1-3H3,(H,19,22). The Morgan fingerprint density at radius 2 is 1.86 bits per heavy atom. The third kappa shape index (κ3) is 4.83. The van der Waals surface area contributed by atoms with Crippen molar-refractivity contribution in [2.75, 3.05) is 32.6 Å². The van der Waals surface area contributed by atoms with E-state index in [1.165, 1.54) is 36.1 Å². The van der Waals surface area contributed by atoms with Crippen LogP contribution in [0.4, 0.5) is 5.69 Å². The number of hydrogen-bond donors (Lipinski definition) is 1. The summed E-state index contributed by atoms with van der Waals surface area (Å²) in [6, 6.07) is 5.28. The lowest BCUT2D eigenvalue weighted by atomic mass is 10.1. The minimum Gasteiger partial charge on any atom is -0.468 e. The van der Waals surface area contributed by atoms with Gasteiger partial charge in [-0.25, -0.2) is 4.79 Å². The molecule has 1 fully saturated rings. The van der Waals surface area contributed by atoms with Crippen LogP contribution in [0.2, 0.25) is 0 Å². The van der Waals surface area contributed by atoms with Crippen LogP contribution < -0.4 is 5.32 Å². The molecule has 0 spiro atoms. The molecule has 10 heteroatoms. The third-order valence-corrected chi connectivity index (χ3v) is 4.62. The fourth-order valence-electron chi connectivity index (χ4n) is 2.65. The Balaban J connectivity index is 2.04. The molecule has 2 amide bonds. The summed E-state index contributed by atoms with van der Waals surface area (Å²) in [7, 11) is 2.72. The van der Waals surface area contributed by atoms with E-state index < -0.39 is 23.9 Å². The molecule has 2 rings (SSSR count). The van der Waals surface area contributed by atoms with E-state index in [-0.39, 0.29) is 30.6 Å². The SMILES string of the molecule is CCOC(=O)c1ccc(NC(=O)CC2C(=O)N(C)C(=S)N2CC(=O)OC)cc1. The molecule has 1 saturated heterocycles. The zero-order valence-electron chi connectivity index (χ0n) is 15.8. The number of esters is 2. The van der Waals surface area contributed by atoms with Crippen LogP contribution in [0.25, 0.3) is 0 Å². The second-order valence-electron chi connectivity index (χ2n) is 5.95. The largest absolute Gasteiger partial charge is 0.468 e. The zero-order chi connectivity index (χ0) is 20.8. The molecule has 0 saturated carbocycles. The predicted molar refractivity (Wildman–Crippen MR) is 104 cm³/mol. The van der Waals surface area contributed by atoms with Crippen molar-refractivity contribution in [1.82, 2.24) is 9.80 Å². The summed E-state index contributed by atoms with van der Waals surface area (Å²) >= 11 is 5.17. The molecule has 1 aromatic rings. The number of nitrogens with zero attached hydrogens (tertiary/aromatic N) is 2. The van der Waals surface area contributed by atoms with E-state index in [0.29, 0.717) is 11.3 Å². The molecule has 9 nitrogen and oxygen atoms in total. The molecule has 0 aliphatic carbocycles. The number of likely N-dealkylation sites (N-methyl/N-ethyl adjacent to an activating group) is 1. The second-order valence-corrected chi connectivity index (χ2v) is 6.31. The number of amides is 2. The topological polar surface area (TPSA) is 105 Å². The maximum atomic E-state index is 12.4. The first-order chi connectivity index (χ1) is 13.3. The van der Waals surface area contributed by atoms with Crippen molar-refractivity contribution in [2.45, 2.75) is 19.4 Å². The van der Waals surface area contributed by atoms with Gasteiger partial charge in [0.1, 0.15) is 12.6 Å². The van der Waals surface area contributed by atoms with Gasteiger partial charge in [-0.2, -0.15) is 0 Å². The summed E-state index contributed by atoms with van der Waals surface area (Å²) in [6.45, 7) is 1.76. The first-order valence-electron chi connectivity index (χ1n) is 8.50. The number of ether oxygens (including phenoxy) is 2. The van der Waals surface area contributed by atoms with Gasteiger partial charge >= 0.3 is 11.9 Å². The van der Waals surface area contributed by atoms with Gasteiger partial charge in [-0.05, 0) is 43.4 Å². The number of methoxy groups -OCH3 is 1. The highest BCUT2D eigenvalue weighted by atomic mass is 32.1. The van der Waals surface area contributed by atoms with Crippen LogP contribution >= 0.6 is 12.2 Å². The molecular weight excluding hydrogens is 386 g/mol. The Labute approximate surface area is 167 Å². The number of carbonyl (C=O) groups is 4. The number of hydrogen-bond acceptors (Lipinski definition) is 7. The lowest BCUT2D eigenvalue weighted by Crippen LogP contribution is -2.41. The maximum Gasteiger partial charge on any atom is 0.338 e. The fraction of sp³-hybridized carbons (Fsp3) is 0.389. The van der Waals surface area contributed by atoms with Gasteiger partial charge in [0, 0.05) is 12.7 Å². The van der Waals surface area contributed by atoms with Gasteiger partial charge in [0.05, 0.1) is 25.7 Å². The number of nitrogens with one attached hydrogen (secondary N) is 1. The van der Waals surface area contributed by atoms with Crippen molar-refractivity contribution in [3.8, 4) is 0 Å². The number of rotatable bonds is 7. The summed E-state index contributed by atoms with van der Waals surface area (Å²) in [5, 5.41) is 2.82. The lowest BCUT2D eigenvalue weighted by molar-refractivity contribution is -0.141.